The van der Waals surface area contributed by atoms with Gasteiger partial charge in [0.15, 0.2) is 7.11 Å². The fourth-order valence-electron chi connectivity index (χ4n) is 2.55. The van der Waals surface area contributed by atoms with E-state index in [-0.39, 0.29) is 0 Å². The summed E-state index contributed by atoms with van der Waals surface area (Å²) in [5.41, 5.74) is 4.40. The zero-order valence-electron chi connectivity index (χ0n) is 13.4. The first-order valence-corrected chi connectivity index (χ1v) is 7.63. The molecule has 0 aliphatic carbocycles. The van der Waals surface area contributed by atoms with Gasteiger partial charge in [-0.15, -0.1) is 0 Å². The second kappa shape index (κ2) is 6.12. The third kappa shape index (κ3) is 2.83. The van der Waals surface area contributed by atoms with Crippen molar-refractivity contribution in [3.8, 4) is 16.9 Å². The zero-order valence-corrected chi connectivity index (χ0v) is 13.4. The van der Waals surface area contributed by atoms with Gasteiger partial charge in [0, 0.05) is 23.9 Å². The van der Waals surface area contributed by atoms with Crippen LogP contribution in [0.4, 0.5) is 5.69 Å². The van der Waals surface area contributed by atoms with Crippen LogP contribution in [-0.2, 0) is 4.84 Å². The van der Waals surface area contributed by atoms with E-state index < -0.39 is 0 Å². The zero-order chi connectivity index (χ0) is 17.2. The summed E-state index contributed by atoms with van der Waals surface area (Å²) < 4.78 is 1.68. The normalized spacial score (nSPS) is 10.8. The molecule has 7 heteroatoms. The molecule has 0 unspecified atom stereocenters. The van der Waals surface area contributed by atoms with Gasteiger partial charge in [0.2, 0.25) is 0 Å². The van der Waals surface area contributed by atoms with Gasteiger partial charge in [-0.1, -0.05) is 18.2 Å². The SMILES string of the molecule is CO[N+](=O)c1cccc(-n2cc(-c3cnc4ccccc4n3)cn2)c1. The Kier molecular flexibility index (Phi) is 3.66. The topological polar surface area (TPSA) is 72.9 Å². The first-order chi connectivity index (χ1) is 12.2. The molecule has 2 aromatic heterocycles. The predicted molar refractivity (Wildman–Crippen MR) is 92.4 cm³/mol. The number of benzene rings is 2. The van der Waals surface area contributed by atoms with E-state index in [1.165, 1.54) is 7.11 Å². The van der Waals surface area contributed by atoms with Crippen LogP contribution in [0.5, 0.6) is 0 Å². The van der Waals surface area contributed by atoms with E-state index in [2.05, 4.69) is 19.9 Å². The molecular weight excluding hydrogens is 318 g/mol. The van der Waals surface area contributed by atoms with Gasteiger partial charge in [-0.25, -0.2) is 14.5 Å². The smallest absolute Gasteiger partial charge is 0.252 e. The highest BCUT2D eigenvalue weighted by Crippen LogP contribution is 2.22. The van der Waals surface area contributed by atoms with Gasteiger partial charge >= 0.3 is 5.69 Å². The lowest BCUT2D eigenvalue weighted by Crippen LogP contribution is -2.00. The maximum absolute atomic E-state index is 11.6. The average molecular weight is 332 g/mol. The van der Waals surface area contributed by atoms with Crippen LogP contribution in [0.3, 0.4) is 0 Å². The van der Waals surface area contributed by atoms with Crippen molar-refractivity contribution in [2.45, 2.75) is 0 Å². The largest absolute Gasteiger partial charge is 0.318 e. The number of para-hydroxylation sites is 2. The van der Waals surface area contributed by atoms with E-state index in [0.29, 0.717) is 10.6 Å². The lowest BCUT2D eigenvalue weighted by molar-refractivity contribution is -0.736. The monoisotopic (exact) mass is 332 g/mol. The van der Waals surface area contributed by atoms with Crippen molar-refractivity contribution in [1.29, 1.82) is 0 Å². The number of nitrogens with zero attached hydrogens (tertiary/aromatic N) is 5. The van der Waals surface area contributed by atoms with Crippen LogP contribution in [0.15, 0.2) is 67.1 Å². The van der Waals surface area contributed by atoms with E-state index in [9.17, 15) is 4.91 Å². The lowest BCUT2D eigenvalue weighted by Gasteiger charge is -2.01. The highest BCUT2D eigenvalue weighted by Gasteiger charge is 2.15. The van der Waals surface area contributed by atoms with Crippen LogP contribution in [0.2, 0.25) is 0 Å². The summed E-state index contributed by atoms with van der Waals surface area (Å²) in [6.07, 6.45) is 5.29. The quantitative estimate of drug-likeness (QED) is 0.535. The lowest BCUT2D eigenvalue weighted by atomic mass is 10.2. The third-order valence-corrected chi connectivity index (χ3v) is 3.80. The highest BCUT2D eigenvalue weighted by atomic mass is 16.8. The summed E-state index contributed by atoms with van der Waals surface area (Å²) in [6, 6.07) is 14.7. The molecule has 4 aromatic rings. The standard InChI is InChI=1S/C18H14N5O2/c1-25-23(24)15-6-4-5-14(9-15)22-12-13(10-20-22)18-11-19-16-7-2-3-8-17(16)21-18/h2-12H,1H3/q+1. The van der Waals surface area contributed by atoms with Crippen molar-refractivity contribution < 1.29 is 9.76 Å². The number of aromatic nitrogens is 4. The molecule has 0 spiro atoms. The summed E-state index contributed by atoms with van der Waals surface area (Å²) in [7, 11) is 1.32. The molecule has 7 nitrogen and oxygen atoms in total. The Hall–Kier alpha value is -3.61. The van der Waals surface area contributed by atoms with Crippen LogP contribution in [0, 0.1) is 4.91 Å². The van der Waals surface area contributed by atoms with Gasteiger partial charge in [-0.05, 0) is 18.2 Å². The van der Waals surface area contributed by atoms with Gasteiger partial charge in [-0.3, -0.25) is 4.98 Å². The molecule has 0 aliphatic heterocycles. The van der Waals surface area contributed by atoms with Crippen LogP contribution >= 0.6 is 0 Å². The van der Waals surface area contributed by atoms with Crippen LogP contribution in [0.1, 0.15) is 0 Å². The molecule has 0 N–H and O–H groups in total. The van der Waals surface area contributed by atoms with E-state index in [1.807, 2.05) is 36.5 Å². The molecule has 2 aromatic carbocycles. The van der Waals surface area contributed by atoms with Gasteiger partial charge in [0.1, 0.15) is 0 Å². The Bertz CT molecular complexity index is 1070. The summed E-state index contributed by atoms with van der Waals surface area (Å²) in [5.74, 6) is 0. The maximum Gasteiger partial charge on any atom is 0.318 e. The summed E-state index contributed by atoms with van der Waals surface area (Å²) in [5, 5.41) is 4.36. The number of hydrogen-bond acceptors (Lipinski definition) is 5. The number of hydrogen-bond donors (Lipinski definition) is 0. The molecule has 0 atom stereocenters. The van der Waals surface area contributed by atoms with E-state index in [1.54, 1.807) is 35.3 Å². The Labute approximate surface area is 143 Å². The highest BCUT2D eigenvalue weighted by molar-refractivity contribution is 5.76. The maximum atomic E-state index is 11.6. The summed E-state index contributed by atoms with van der Waals surface area (Å²) >= 11 is 0. The van der Waals surface area contributed by atoms with Gasteiger partial charge in [0.25, 0.3) is 4.92 Å². The van der Waals surface area contributed by atoms with Crippen molar-refractivity contribution >= 4 is 16.7 Å². The Balaban J connectivity index is 1.71. The molecule has 0 bridgehead atoms. The molecule has 4 rings (SSSR count). The van der Waals surface area contributed by atoms with E-state index in [0.717, 1.165) is 28.0 Å². The Morgan fingerprint density at radius 2 is 1.88 bits per heavy atom. The van der Waals surface area contributed by atoms with Gasteiger partial charge in [-0.2, -0.15) is 5.10 Å². The summed E-state index contributed by atoms with van der Waals surface area (Å²) in [4.78, 5) is 25.8. The number of fused-ring (bicyclic) bond motifs is 1. The molecule has 0 fully saturated rings. The minimum atomic E-state index is 0.391. The van der Waals surface area contributed by atoms with Crippen LogP contribution < -0.4 is 0 Å². The van der Waals surface area contributed by atoms with Crippen LogP contribution in [-0.4, -0.2) is 31.8 Å². The van der Waals surface area contributed by atoms with Gasteiger partial charge < -0.3 is 0 Å². The fourth-order valence-corrected chi connectivity index (χ4v) is 2.55. The molecule has 0 saturated heterocycles. The molecule has 122 valence electrons. The Morgan fingerprint density at radius 3 is 2.72 bits per heavy atom. The average Bonchev–Trinajstić information content (AvgIpc) is 3.17. The molecule has 0 radical (unpaired) electrons. The van der Waals surface area contributed by atoms with Crippen molar-refractivity contribution in [2.75, 3.05) is 7.11 Å². The predicted octanol–water partition coefficient (Wildman–Crippen LogP) is 3.45. The van der Waals surface area contributed by atoms with Crippen molar-refractivity contribution in [3.05, 3.63) is 72.0 Å². The van der Waals surface area contributed by atoms with Crippen molar-refractivity contribution in [1.82, 2.24) is 19.7 Å². The van der Waals surface area contributed by atoms with Crippen molar-refractivity contribution in [2.24, 2.45) is 0 Å². The number of rotatable bonds is 4. The van der Waals surface area contributed by atoms with Gasteiger partial charge in [0.05, 0.1) is 39.7 Å². The first-order valence-electron chi connectivity index (χ1n) is 7.63. The van der Waals surface area contributed by atoms with Crippen LogP contribution in [0.25, 0.3) is 28.0 Å². The molecule has 0 saturated carbocycles. The summed E-state index contributed by atoms with van der Waals surface area (Å²) in [6.45, 7) is 0. The van der Waals surface area contributed by atoms with Crippen molar-refractivity contribution in [3.63, 3.8) is 0 Å². The Morgan fingerprint density at radius 1 is 1.04 bits per heavy atom. The molecule has 0 amide bonds. The minimum Gasteiger partial charge on any atom is -0.252 e. The molecule has 25 heavy (non-hydrogen) atoms. The molecule has 2 heterocycles. The second-order valence-corrected chi connectivity index (χ2v) is 5.38. The molecule has 0 aliphatic rings. The molecular formula is C18H14N5O2+. The minimum absolute atomic E-state index is 0.391. The van der Waals surface area contributed by atoms with E-state index in [4.69, 9.17) is 0 Å². The van der Waals surface area contributed by atoms with E-state index >= 15 is 0 Å². The second-order valence-electron chi connectivity index (χ2n) is 5.38. The first kappa shape index (κ1) is 14.9. The third-order valence-electron chi connectivity index (χ3n) is 3.80. The fraction of sp³-hybridized carbons (Fsp3) is 0.0556.